The Kier molecular flexibility index (Phi) is 5.45. The summed E-state index contributed by atoms with van der Waals surface area (Å²) in [6, 6.07) is 10.3. The third kappa shape index (κ3) is 3.93. The van der Waals surface area contributed by atoms with Gasteiger partial charge in [-0.1, -0.05) is 61.4 Å². The van der Waals surface area contributed by atoms with Crippen molar-refractivity contribution in [3.05, 3.63) is 36.5 Å². The zero-order valence-electron chi connectivity index (χ0n) is 14.0. The summed E-state index contributed by atoms with van der Waals surface area (Å²) in [7, 11) is 1.92. The topological polar surface area (TPSA) is 64.2 Å². The number of hydrogen-bond acceptors (Lipinski definition) is 4. The van der Waals surface area contributed by atoms with Gasteiger partial charge in [0.1, 0.15) is 0 Å². The lowest BCUT2D eigenvalue weighted by Crippen LogP contribution is -2.39. The second-order valence-corrected chi connectivity index (χ2v) is 7.21. The molecule has 1 heterocycles. The largest absolute Gasteiger partial charge is 0.342 e. The fourth-order valence-electron chi connectivity index (χ4n) is 3.13. The number of carbonyl (C=O) groups excluding carboxylic acids is 1. The van der Waals surface area contributed by atoms with Crippen molar-refractivity contribution in [1.82, 2.24) is 14.6 Å². The van der Waals surface area contributed by atoms with Crippen LogP contribution < -0.4 is 5.84 Å². The van der Waals surface area contributed by atoms with Gasteiger partial charge < -0.3 is 10.7 Å². The van der Waals surface area contributed by atoms with Gasteiger partial charge in [0.25, 0.3) is 0 Å². The minimum atomic E-state index is 0.149. The molecule has 1 aromatic carbocycles. The minimum Gasteiger partial charge on any atom is -0.342 e. The van der Waals surface area contributed by atoms with E-state index in [1.165, 1.54) is 35.7 Å². The summed E-state index contributed by atoms with van der Waals surface area (Å²) < 4.78 is 1.50. The summed E-state index contributed by atoms with van der Waals surface area (Å²) in [6.07, 6.45) is 7.78. The van der Waals surface area contributed by atoms with Gasteiger partial charge in [0, 0.05) is 18.7 Å². The van der Waals surface area contributed by atoms with E-state index in [-0.39, 0.29) is 5.91 Å². The first-order valence-electron chi connectivity index (χ1n) is 8.43. The van der Waals surface area contributed by atoms with E-state index < -0.39 is 0 Å². The molecule has 0 saturated heterocycles. The molecule has 2 aromatic rings. The molecule has 0 bridgehead atoms. The molecule has 0 unspecified atom stereocenters. The Morgan fingerprint density at radius 1 is 1.29 bits per heavy atom. The number of benzene rings is 1. The van der Waals surface area contributed by atoms with E-state index in [2.05, 4.69) is 4.98 Å². The summed E-state index contributed by atoms with van der Waals surface area (Å²) in [6.45, 7) is 0. The molecule has 2 N–H and O–H groups in total. The van der Waals surface area contributed by atoms with Gasteiger partial charge in [-0.05, 0) is 12.8 Å². The van der Waals surface area contributed by atoms with Gasteiger partial charge in [-0.3, -0.25) is 4.79 Å². The van der Waals surface area contributed by atoms with Crippen molar-refractivity contribution >= 4 is 17.7 Å². The fraction of sp³-hybridized carbons (Fsp3) is 0.444. The van der Waals surface area contributed by atoms with Gasteiger partial charge in [0.05, 0.1) is 17.6 Å². The van der Waals surface area contributed by atoms with Crippen LogP contribution in [0.25, 0.3) is 11.3 Å². The summed E-state index contributed by atoms with van der Waals surface area (Å²) in [4.78, 5) is 18.9. The number of nitrogens with zero attached hydrogens (tertiary/aromatic N) is 3. The van der Waals surface area contributed by atoms with Crippen LogP contribution in [-0.4, -0.2) is 39.3 Å². The quantitative estimate of drug-likeness (QED) is 0.668. The smallest absolute Gasteiger partial charge is 0.233 e. The minimum absolute atomic E-state index is 0.149. The van der Waals surface area contributed by atoms with Gasteiger partial charge in [0.15, 0.2) is 5.16 Å². The Morgan fingerprint density at radius 3 is 2.71 bits per heavy atom. The SMILES string of the molecule is CN(C(=O)CSc1nc(-c2ccccc2)cn1N)C1CCCCC1. The molecule has 5 nitrogen and oxygen atoms in total. The molecule has 0 atom stereocenters. The standard InChI is InChI=1S/C18H24N4OS/c1-21(15-10-6-3-7-11-15)17(23)13-24-18-20-16(12-22(18)19)14-8-4-2-5-9-14/h2,4-5,8-9,12,15H,3,6-7,10-11,13,19H2,1H3. The van der Waals surface area contributed by atoms with Gasteiger partial charge in [-0.25, -0.2) is 9.66 Å². The van der Waals surface area contributed by atoms with Crippen LogP contribution in [0, 0.1) is 0 Å². The molecule has 6 heteroatoms. The Bertz CT molecular complexity index is 680. The predicted molar refractivity (Wildman–Crippen MR) is 98.2 cm³/mol. The van der Waals surface area contributed by atoms with Crippen molar-refractivity contribution in [2.75, 3.05) is 18.6 Å². The van der Waals surface area contributed by atoms with Crippen molar-refractivity contribution in [3.63, 3.8) is 0 Å². The van der Waals surface area contributed by atoms with E-state index in [9.17, 15) is 4.79 Å². The highest BCUT2D eigenvalue weighted by Gasteiger charge is 2.22. The van der Waals surface area contributed by atoms with Crippen LogP contribution in [0.3, 0.4) is 0 Å². The number of rotatable bonds is 5. The lowest BCUT2D eigenvalue weighted by molar-refractivity contribution is -0.129. The first-order chi connectivity index (χ1) is 11.6. The average Bonchev–Trinajstić information content (AvgIpc) is 3.01. The number of hydrogen-bond donors (Lipinski definition) is 1. The van der Waals surface area contributed by atoms with Crippen LogP contribution in [0.15, 0.2) is 41.7 Å². The van der Waals surface area contributed by atoms with Crippen molar-refractivity contribution in [3.8, 4) is 11.3 Å². The summed E-state index contributed by atoms with van der Waals surface area (Å²) in [5, 5.41) is 0.666. The number of nitrogens with two attached hydrogens (primary N) is 1. The highest BCUT2D eigenvalue weighted by atomic mass is 32.2. The Balaban J connectivity index is 1.60. The van der Waals surface area contributed by atoms with Crippen molar-refractivity contribution in [2.24, 2.45) is 0 Å². The Hall–Kier alpha value is -1.95. The van der Waals surface area contributed by atoms with E-state index in [1.54, 1.807) is 6.20 Å². The second kappa shape index (κ2) is 7.75. The van der Waals surface area contributed by atoms with Gasteiger partial charge >= 0.3 is 0 Å². The molecule has 1 aliphatic rings. The highest BCUT2D eigenvalue weighted by molar-refractivity contribution is 7.99. The first-order valence-corrected chi connectivity index (χ1v) is 9.42. The maximum atomic E-state index is 12.4. The molecule has 128 valence electrons. The third-order valence-electron chi connectivity index (χ3n) is 4.61. The van der Waals surface area contributed by atoms with E-state index in [1.807, 2.05) is 42.3 Å². The molecule has 1 aromatic heterocycles. The van der Waals surface area contributed by atoms with Crippen LogP contribution in [-0.2, 0) is 4.79 Å². The summed E-state index contributed by atoms with van der Waals surface area (Å²) in [5.41, 5.74) is 1.85. The second-order valence-electron chi connectivity index (χ2n) is 6.27. The van der Waals surface area contributed by atoms with Crippen LogP contribution >= 0.6 is 11.8 Å². The summed E-state index contributed by atoms with van der Waals surface area (Å²) >= 11 is 1.40. The lowest BCUT2D eigenvalue weighted by Gasteiger charge is -2.31. The van der Waals surface area contributed by atoms with Crippen molar-refractivity contribution < 1.29 is 4.79 Å². The molecule has 0 spiro atoms. The van der Waals surface area contributed by atoms with E-state index in [0.29, 0.717) is 17.0 Å². The van der Waals surface area contributed by atoms with E-state index >= 15 is 0 Å². The molecular weight excluding hydrogens is 320 g/mol. The molecule has 1 saturated carbocycles. The van der Waals surface area contributed by atoms with E-state index in [0.717, 1.165) is 24.1 Å². The number of aromatic nitrogens is 2. The number of imidazole rings is 1. The maximum Gasteiger partial charge on any atom is 0.233 e. The van der Waals surface area contributed by atoms with Crippen LogP contribution in [0.4, 0.5) is 0 Å². The molecule has 0 aliphatic heterocycles. The van der Waals surface area contributed by atoms with Gasteiger partial charge in [-0.2, -0.15) is 0 Å². The van der Waals surface area contributed by atoms with Crippen LogP contribution in [0.1, 0.15) is 32.1 Å². The fourth-order valence-corrected chi connectivity index (χ4v) is 3.95. The Labute approximate surface area is 147 Å². The zero-order chi connectivity index (χ0) is 16.9. The average molecular weight is 344 g/mol. The monoisotopic (exact) mass is 344 g/mol. The normalized spacial score (nSPS) is 15.4. The number of nitrogen functional groups attached to an aromatic ring is 1. The number of amides is 1. The molecule has 1 fully saturated rings. The molecule has 1 amide bonds. The number of carbonyl (C=O) groups is 1. The molecule has 1 aliphatic carbocycles. The lowest BCUT2D eigenvalue weighted by atomic mass is 9.94. The zero-order valence-corrected chi connectivity index (χ0v) is 14.8. The predicted octanol–water partition coefficient (Wildman–Crippen LogP) is 3.15. The van der Waals surface area contributed by atoms with Crippen molar-refractivity contribution in [2.45, 2.75) is 43.3 Å². The van der Waals surface area contributed by atoms with Crippen molar-refractivity contribution in [1.29, 1.82) is 0 Å². The van der Waals surface area contributed by atoms with Gasteiger partial charge in [-0.15, -0.1) is 0 Å². The molecule has 24 heavy (non-hydrogen) atoms. The van der Waals surface area contributed by atoms with Gasteiger partial charge in [0.2, 0.25) is 5.91 Å². The first kappa shape index (κ1) is 16.9. The highest BCUT2D eigenvalue weighted by Crippen LogP contribution is 2.25. The van der Waals surface area contributed by atoms with Crippen LogP contribution in [0.2, 0.25) is 0 Å². The Morgan fingerprint density at radius 2 is 2.00 bits per heavy atom. The third-order valence-corrected chi connectivity index (χ3v) is 5.56. The number of thioether (sulfide) groups is 1. The molecular formula is C18H24N4OS. The summed E-state index contributed by atoms with van der Waals surface area (Å²) in [5.74, 6) is 6.51. The van der Waals surface area contributed by atoms with E-state index in [4.69, 9.17) is 5.84 Å². The molecule has 3 rings (SSSR count). The maximum absolute atomic E-state index is 12.4. The van der Waals surface area contributed by atoms with Crippen LogP contribution in [0.5, 0.6) is 0 Å². The molecule has 0 radical (unpaired) electrons.